The molecule has 0 bridgehead atoms. The minimum atomic E-state index is -0.0981. The average Bonchev–Trinajstić information content (AvgIpc) is 3.19. The number of nitrogens with zero attached hydrogens (tertiary/aromatic N) is 4. The number of aliphatic imine (C=N–C) groups is 1. The third kappa shape index (κ3) is 4.07. The number of benzene rings is 1. The van der Waals surface area contributed by atoms with Crippen LogP contribution in [0.4, 0.5) is 0 Å². The first-order chi connectivity index (χ1) is 14.3. The van der Waals surface area contributed by atoms with E-state index in [1.165, 1.54) is 5.56 Å². The van der Waals surface area contributed by atoms with Gasteiger partial charge < -0.3 is 9.30 Å². The summed E-state index contributed by atoms with van der Waals surface area (Å²) in [5, 5.41) is 0. The summed E-state index contributed by atoms with van der Waals surface area (Å²) in [5.41, 5.74) is 7.81. The molecular formula is C23H27N5O2. The molecule has 0 aliphatic carbocycles. The van der Waals surface area contributed by atoms with Gasteiger partial charge >= 0.3 is 0 Å². The Morgan fingerprint density at radius 1 is 1.13 bits per heavy atom. The number of imidazole rings is 1. The van der Waals surface area contributed by atoms with Crippen LogP contribution in [0.5, 0.6) is 5.88 Å². The van der Waals surface area contributed by atoms with Crippen LogP contribution in [0.15, 0.2) is 53.9 Å². The molecule has 7 heteroatoms. The molecule has 0 fully saturated rings. The Morgan fingerprint density at radius 2 is 1.90 bits per heavy atom. The number of nitrogens with one attached hydrogen (secondary N) is 1. The van der Waals surface area contributed by atoms with Crippen LogP contribution in [0.2, 0.25) is 0 Å². The average molecular weight is 406 g/mol. The van der Waals surface area contributed by atoms with Gasteiger partial charge in [-0.1, -0.05) is 45.0 Å². The molecule has 30 heavy (non-hydrogen) atoms. The number of methoxy groups -OCH3 is 1. The highest BCUT2D eigenvalue weighted by molar-refractivity contribution is 5.97. The van der Waals surface area contributed by atoms with Gasteiger partial charge in [-0.2, -0.15) is 0 Å². The molecule has 4 rings (SSSR count). The molecular weight excluding hydrogens is 378 g/mol. The smallest absolute Gasteiger partial charge is 0.238 e. The minimum Gasteiger partial charge on any atom is -0.479 e. The van der Waals surface area contributed by atoms with Gasteiger partial charge in [0.15, 0.2) is 5.84 Å². The van der Waals surface area contributed by atoms with Crippen molar-refractivity contribution in [1.29, 1.82) is 0 Å². The maximum Gasteiger partial charge on any atom is 0.238 e. The summed E-state index contributed by atoms with van der Waals surface area (Å²) in [6.45, 7) is 9.03. The normalized spacial score (nSPS) is 16.7. The molecule has 1 atom stereocenters. The number of rotatable bonds is 4. The van der Waals surface area contributed by atoms with Crippen molar-refractivity contribution < 1.29 is 9.57 Å². The Balaban J connectivity index is 1.62. The first-order valence-electron chi connectivity index (χ1n) is 9.97. The van der Waals surface area contributed by atoms with Crippen LogP contribution in [0, 0.1) is 6.92 Å². The zero-order valence-electron chi connectivity index (χ0n) is 18.0. The number of hydrogen-bond donors (Lipinski definition) is 1. The third-order valence-electron chi connectivity index (χ3n) is 5.12. The van der Waals surface area contributed by atoms with Crippen LogP contribution in [0.3, 0.4) is 0 Å². The lowest BCUT2D eigenvalue weighted by Gasteiger charge is -2.24. The highest BCUT2D eigenvalue weighted by Crippen LogP contribution is 2.27. The van der Waals surface area contributed by atoms with Gasteiger partial charge in [0, 0.05) is 6.20 Å². The number of aromatic nitrogens is 3. The second-order valence-corrected chi connectivity index (χ2v) is 8.43. The van der Waals surface area contributed by atoms with Gasteiger partial charge in [-0.15, -0.1) is 0 Å². The SMILES string of the molecule is COc1nc(C2=NC(c3ccc(C(C)(C)C)cc3)CON2)ccc1-n1cnc(C)c1. The van der Waals surface area contributed by atoms with Gasteiger partial charge in [-0.3, -0.25) is 9.83 Å². The lowest BCUT2D eigenvalue weighted by Crippen LogP contribution is -2.33. The van der Waals surface area contributed by atoms with Crippen molar-refractivity contribution in [1.82, 2.24) is 20.0 Å². The molecule has 1 aliphatic heterocycles. The number of hydroxylamine groups is 1. The molecule has 1 unspecified atom stereocenters. The van der Waals surface area contributed by atoms with Crippen LogP contribution < -0.4 is 10.2 Å². The molecule has 0 spiro atoms. The molecule has 7 nitrogen and oxygen atoms in total. The second-order valence-electron chi connectivity index (χ2n) is 8.43. The van der Waals surface area contributed by atoms with E-state index >= 15 is 0 Å². The van der Waals surface area contributed by atoms with Crippen LogP contribution in [0.25, 0.3) is 5.69 Å². The van der Waals surface area contributed by atoms with Crippen molar-refractivity contribution in [2.24, 2.45) is 4.99 Å². The molecule has 3 aromatic rings. The van der Waals surface area contributed by atoms with Gasteiger partial charge in [0.2, 0.25) is 5.88 Å². The van der Waals surface area contributed by atoms with Crippen molar-refractivity contribution in [3.63, 3.8) is 0 Å². The lowest BCUT2D eigenvalue weighted by atomic mass is 9.86. The number of amidine groups is 1. The zero-order valence-corrected chi connectivity index (χ0v) is 18.0. The van der Waals surface area contributed by atoms with E-state index in [1.54, 1.807) is 13.4 Å². The van der Waals surface area contributed by atoms with E-state index in [0.29, 0.717) is 24.0 Å². The van der Waals surface area contributed by atoms with Crippen LogP contribution in [0.1, 0.15) is 49.3 Å². The van der Waals surface area contributed by atoms with E-state index in [1.807, 2.05) is 29.8 Å². The number of pyridine rings is 1. The van der Waals surface area contributed by atoms with E-state index in [2.05, 4.69) is 60.5 Å². The largest absolute Gasteiger partial charge is 0.479 e. The second kappa shape index (κ2) is 7.91. The third-order valence-corrected chi connectivity index (χ3v) is 5.12. The topological polar surface area (TPSA) is 73.6 Å². The standard InChI is InChI=1S/C23H27N5O2/c1-15-12-28(14-24-15)20-11-10-18(26-22(20)29-5)21-25-19(13-30-27-21)16-6-8-17(9-7-16)23(2,3)4/h6-12,14,19H,13H2,1-5H3,(H,25,27). The maximum absolute atomic E-state index is 5.62. The van der Waals surface area contributed by atoms with Gasteiger partial charge in [0.05, 0.1) is 19.1 Å². The summed E-state index contributed by atoms with van der Waals surface area (Å²) in [7, 11) is 1.60. The van der Waals surface area contributed by atoms with Gasteiger partial charge in [0.25, 0.3) is 0 Å². The Bertz CT molecular complexity index is 1060. The summed E-state index contributed by atoms with van der Waals surface area (Å²) in [5.74, 6) is 1.07. The molecule has 0 radical (unpaired) electrons. The van der Waals surface area contributed by atoms with E-state index < -0.39 is 0 Å². The van der Waals surface area contributed by atoms with Crippen molar-refractivity contribution in [3.8, 4) is 11.6 Å². The number of ether oxygens (including phenoxy) is 1. The monoisotopic (exact) mass is 405 g/mol. The fourth-order valence-corrected chi connectivity index (χ4v) is 3.37. The van der Waals surface area contributed by atoms with Crippen molar-refractivity contribution in [2.75, 3.05) is 13.7 Å². The van der Waals surface area contributed by atoms with Crippen LogP contribution >= 0.6 is 0 Å². The Hall–Kier alpha value is -3.19. The minimum absolute atomic E-state index is 0.0981. The van der Waals surface area contributed by atoms with Gasteiger partial charge in [-0.05, 0) is 35.6 Å². The summed E-state index contributed by atoms with van der Waals surface area (Å²) in [4.78, 5) is 19.4. The highest BCUT2D eigenvalue weighted by Gasteiger charge is 2.21. The fourth-order valence-electron chi connectivity index (χ4n) is 3.37. The number of hydrogen-bond acceptors (Lipinski definition) is 6. The van der Waals surface area contributed by atoms with Crippen molar-refractivity contribution >= 4 is 5.84 Å². The fraction of sp³-hybridized carbons (Fsp3) is 0.348. The first kappa shape index (κ1) is 20.1. The van der Waals surface area contributed by atoms with E-state index in [4.69, 9.17) is 14.6 Å². The molecule has 1 aliphatic rings. The molecule has 156 valence electrons. The molecule has 0 saturated heterocycles. The highest BCUT2D eigenvalue weighted by atomic mass is 16.6. The molecule has 1 aromatic carbocycles. The van der Waals surface area contributed by atoms with Gasteiger partial charge in [0.1, 0.15) is 24.0 Å². The molecule has 0 amide bonds. The maximum atomic E-state index is 5.62. The van der Waals surface area contributed by atoms with Crippen molar-refractivity contribution in [3.05, 3.63) is 71.4 Å². The lowest BCUT2D eigenvalue weighted by molar-refractivity contribution is 0.0620. The molecule has 2 aromatic heterocycles. The van der Waals surface area contributed by atoms with E-state index in [0.717, 1.165) is 16.9 Å². The Morgan fingerprint density at radius 3 is 2.53 bits per heavy atom. The predicted molar refractivity (Wildman–Crippen MR) is 116 cm³/mol. The van der Waals surface area contributed by atoms with Crippen molar-refractivity contribution in [2.45, 2.75) is 39.2 Å². The zero-order chi connectivity index (χ0) is 21.3. The summed E-state index contributed by atoms with van der Waals surface area (Å²) in [6, 6.07) is 12.3. The molecule has 3 heterocycles. The van der Waals surface area contributed by atoms with Crippen LogP contribution in [-0.2, 0) is 10.3 Å². The quantitative estimate of drug-likeness (QED) is 0.713. The summed E-state index contributed by atoms with van der Waals surface area (Å²) >= 11 is 0. The van der Waals surface area contributed by atoms with E-state index in [-0.39, 0.29) is 11.5 Å². The Kier molecular flexibility index (Phi) is 5.30. The molecule has 1 N–H and O–H groups in total. The molecule has 0 saturated carbocycles. The van der Waals surface area contributed by atoms with E-state index in [9.17, 15) is 0 Å². The number of aryl methyl sites for hydroxylation is 1. The Labute approximate surface area is 176 Å². The predicted octanol–water partition coefficient (Wildman–Crippen LogP) is 3.90. The van der Waals surface area contributed by atoms with Crippen LogP contribution in [-0.4, -0.2) is 34.1 Å². The summed E-state index contributed by atoms with van der Waals surface area (Å²) < 4.78 is 7.40. The summed E-state index contributed by atoms with van der Waals surface area (Å²) in [6.07, 6.45) is 3.67. The first-order valence-corrected chi connectivity index (χ1v) is 9.97. The van der Waals surface area contributed by atoms with Gasteiger partial charge in [-0.25, -0.2) is 15.4 Å².